The molecule has 0 aliphatic rings. The number of ether oxygens (including phenoxy) is 1. The summed E-state index contributed by atoms with van der Waals surface area (Å²) in [5.41, 5.74) is 5.64. The van der Waals surface area contributed by atoms with Crippen molar-refractivity contribution in [1.29, 1.82) is 5.26 Å². The van der Waals surface area contributed by atoms with Crippen LogP contribution in [0.2, 0.25) is 0 Å². The Hall–Kier alpha value is -2.26. The number of benzene rings is 1. The highest BCUT2D eigenvalue weighted by atomic mass is 16.5. The van der Waals surface area contributed by atoms with Crippen LogP contribution >= 0.6 is 0 Å². The van der Waals surface area contributed by atoms with Gasteiger partial charge in [0, 0.05) is 18.2 Å². The van der Waals surface area contributed by atoms with E-state index in [9.17, 15) is 9.90 Å². The average molecular weight is 236 g/mol. The summed E-state index contributed by atoms with van der Waals surface area (Å²) < 4.78 is 4.97. The molecule has 0 saturated carbocycles. The number of aliphatic carboxylic acids is 1. The summed E-state index contributed by atoms with van der Waals surface area (Å²) >= 11 is 0. The fourth-order valence-electron chi connectivity index (χ4n) is 1.49. The molecule has 0 aliphatic heterocycles. The van der Waals surface area contributed by atoms with Crippen molar-refractivity contribution in [2.24, 2.45) is 5.73 Å². The van der Waals surface area contributed by atoms with Crippen LogP contribution in [0.25, 0.3) is 0 Å². The van der Waals surface area contributed by atoms with Gasteiger partial charge in [0.15, 0.2) is 0 Å². The van der Waals surface area contributed by atoms with Gasteiger partial charge in [0.2, 0.25) is 0 Å². The number of hydrogen-bond acceptors (Lipinski definition) is 5. The number of carboxylic acids is 1. The fourth-order valence-corrected chi connectivity index (χ4v) is 1.49. The second-order valence-electron chi connectivity index (χ2n) is 3.35. The number of nitriles is 1. The van der Waals surface area contributed by atoms with Gasteiger partial charge < -0.3 is 20.7 Å². The van der Waals surface area contributed by atoms with Gasteiger partial charge in [-0.15, -0.1) is 0 Å². The molecule has 4 N–H and O–H groups in total. The molecule has 1 rings (SSSR count). The summed E-state index contributed by atoms with van der Waals surface area (Å²) in [5, 5.41) is 27.2. The molecule has 90 valence electrons. The van der Waals surface area contributed by atoms with Crippen molar-refractivity contribution in [2.45, 2.75) is 5.92 Å². The highest BCUT2D eigenvalue weighted by molar-refractivity contribution is 5.78. The quantitative estimate of drug-likeness (QED) is 0.696. The van der Waals surface area contributed by atoms with Crippen LogP contribution in [0.4, 0.5) is 0 Å². The van der Waals surface area contributed by atoms with E-state index in [1.807, 2.05) is 0 Å². The first-order chi connectivity index (χ1) is 8.04. The number of nitrogens with two attached hydrogens (primary N) is 1. The minimum absolute atomic E-state index is 0.0134. The molecule has 0 amide bonds. The second kappa shape index (κ2) is 5.18. The molecule has 0 radical (unpaired) electrons. The number of phenolic OH excluding ortho intramolecular Hbond substituents is 1. The zero-order chi connectivity index (χ0) is 13.0. The predicted molar refractivity (Wildman–Crippen MR) is 58.8 cm³/mol. The summed E-state index contributed by atoms with van der Waals surface area (Å²) in [6, 6.07) is 4.25. The first-order valence-corrected chi connectivity index (χ1v) is 4.79. The molecule has 0 aromatic heterocycles. The Bertz CT molecular complexity index is 479. The van der Waals surface area contributed by atoms with Crippen molar-refractivity contribution in [3.05, 3.63) is 23.3 Å². The van der Waals surface area contributed by atoms with Crippen LogP contribution in [0.3, 0.4) is 0 Å². The van der Waals surface area contributed by atoms with Gasteiger partial charge in [-0.2, -0.15) is 5.26 Å². The number of carboxylic acid groups (broad SMARTS) is 1. The van der Waals surface area contributed by atoms with Gasteiger partial charge >= 0.3 is 5.97 Å². The number of carbonyl (C=O) groups is 1. The molecule has 1 atom stereocenters. The van der Waals surface area contributed by atoms with Crippen LogP contribution in [0.5, 0.6) is 11.5 Å². The predicted octanol–water partition coefficient (Wildman–Crippen LogP) is 0.399. The minimum atomic E-state index is -1.11. The molecule has 0 aliphatic carbocycles. The standard InChI is InChI=1S/C11H12N2O4/c1-17-10-3-9(14)6(4-12)2-7(10)8(5-13)11(15)16/h2-3,8,14H,5,13H2,1H3,(H,15,16). The second-order valence-corrected chi connectivity index (χ2v) is 3.35. The SMILES string of the molecule is COc1cc(O)c(C#N)cc1C(CN)C(=O)O. The normalized spacial score (nSPS) is 11.6. The Morgan fingerprint density at radius 3 is 2.71 bits per heavy atom. The smallest absolute Gasteiger partial charge is 0.312 e. The number of phenols is 1. The highest BCUT2D eigenvalue weighted by Crippen LogP contribution is 2.32. The lowest BCUT2D eigenvalue weighted by Gasteiger charge is -2.15. The van der Waals surface area contributed by atoms with E-state index in [-0.39, 0.29) is 29.2 Å². The Morgan fingerprint density at radius 2 is 2.29 bits per heavy atom. The highest BCUT2D eigenvalue weighted by Gasteiger charge is 2.23. The van der Waals surface area contributed by atoms with E-state index in [0.29, 0.717) is 0 Å². The first kappa shape index (κ1) is 12.8. The number of hydrogen-bond donors (Lipinski definition) is 3. The van der Waals surface area contributed by atoms with Crippen LogP contribution in [0.15, 0.2) is 12.1 Å². The van der Waals surface area contributed by atoms with E-state index in [2.05, 4.69) is 0 Å². The first-order valence-electron chi connectivity index (χ1n) is 4.79. The van der Waals surface area contributed by atoms with E-state index < -0.39 is 11.9 Å². The summed E-state index contributed by atoms with van der Waals surface area (Å²) in [6.07, 6.45) is 0. The number of methoxy groups -OCH3 is 1. The van der Waals surface area contributed by atoms with Crippen molar-refractivity contribution in [3.8, 4) is 17.6 Å². The van der Waals surface area contributed by atoms with Gasteiger partial charge in [0.25, 0.3) is 0 Å². The van der Waals surface area contributed by atoms with E-state index in [1.54, 1.807) is 6.07 Å². The third kappa shape index (κ3) is 2.46. The third-order valence-corrected chi connectivity index (χ3v) is 2.38. The summed E-state index contributed by atoms with van der Waals surface area (Å²) in [5.74, 6) is -2.15. The van der Waals surface area contributed by atoms with Crippen LogP contribution in [-0.2, 0) is 4.79 Å². The van der Waals surface area contributed by atoms with Gasteiger partial charge in [-0.25, -0.2) is 0 Å². The molecule has 0 bridgehead atoms. The van der Waals surface area contributed by atoms with Crippen molar-refractivity contribution < 1.29 is 19.7 Å². The number of aromatic hydroxyl groups is 1. The summed E-state index contributed by atoms with van der Waals surface area (Å²) in [6.45, 7) is -0.124. The van der Waals surface area contributed by atoms with Crippen LogP contribution in [0, 0.1) is 11.3 Å². The van der Waals surface area contributed by atoms with Crippen molar-refractivity contribution in [2.75, 3.05) is 13.7 Å². The lowest BCUT2D eigenvalue weighted by Crippen LogP contribution is -2.21. The molecule has 1 aromatic rings. The maximum Gasteiger partial charge on any atom is 0.312 e. The maximum absolute atomic E-state index is 11.0. The molecular formula is C11H12N2O4. The van der Waals surface area contributed by atoms with Crippen molar-refractivity contribution in [1.82, 2.24) is 0 Å². The van der Waals surface area contributed by atoms with E-state index in [0.717, 1.165) is 0 Å². The number of nitrogens with zero attached hydrogens (tertiary/aromatic N) is 1. The number of rotatable bonds is 4. The molecule has 6 heteroatoms. The summed E-state index contributed by atoms with van der Waals surface area (Å²) in [4.78, 5) is 11.0. The van der Waals surface area contributed by atoms with Gasteiger partial charge in [-0.1, -0.05) is 0 Å². The maximum atomic E-state index is 11.0. The molecule has 0 spiro atoms. The Morgan fingerprint density at radius 1 is 1.65 bits per heavy atom. The van der Waals surface area contributed by atoms with E-state index in [1.165, 1.54) is 19.2 Å². The van der Waals surface area contributed by atoms with Crippen LogP contribution in [0.1, 0.15) is 17.0 Å². The van der Waals surface area contributed by atoms with E-state index in [4.69, 9.17) is 20.8 Å². The van der Waals surface area contributed by atoms with Gasteiger partial charge in [-0.3, -0.25) is 4.79 Å². The zero-order valence-corrected chi connectivity index (χ0v) is 9.17. The Labute approximate surface area is 97.9 Å². The molecule has 1 aromatic carbocycles. The molecular weight excluding hydrogens is 224 g/mol. The molecule has 1 unspecified atom stereocenters. The third-order valence-electron chi connectivity index (χ3n) is 2.38. The molecule has 0 heterocycles. The van der Waals surface area contributed by atoms with Gasteiger partial charge in [0.1, 0.15) is 17.6 Å². The van der Waals surface area contributed by atoms with Crippen molar-refractivity contribution >= 4 is 5.97 Å². The molecule has 0 fully saturated rings. The minimum Gasteiger partial charge on any atom is -0.506 e. The molecule has 6 nitrogen and oxygen atoms in total. The summed E-state index contributed by atoms with van der Waals surface area (Å²) in [7, 11) is 1.35. The van der Waals surface area contributed by atoms with Crippen molar-refractivity contribution in [3.63, 3.8) is 0 Å². The fraction of sp³-hybridized carbons (Fsp3) is 0.273. The Kier molecular flexibility index (Phi) is 3.91. The lowest BCUT2D eigenvalue weighted by atomic mass is 9.96. The Balaban J connectivity index is 3.40. The van der Waals surface area contributed by atoms with Crippen LogP contribution < -0.4 is 10.5 Å². The van der Waals surface area contributed by atoms with Crippen LogP contribution in [-0.4, -0.2) is 29.8 Å². The lowest BCUT2D eigenvalue weighted by molar-refractivity contribution is -0.138. The monoisotopic (exact) mass is 236 g/mol. The van der Waals surface area contributed by atoms with E-state index >= 15 is 0 Å². The largest absolute Gasteiger partial charge is 0.506 e. The molecule has 17 heavy (non-hydrogen) atoms. The topological polar surface area (TPSA) is 117 Å². The molecule has 0 saturated heterocycles. The average Bonchev–Trinajstić information content (AvgIpc) is 2.30. The zero-order valence-electron chi connectivity index (χ0n) is 9.17. The van der Waals surface area contributed by atoms with Gasteiger partial charge in [-0.05, 0) is 6.07 Å². The van der Waals surface area contributed by atoms with Gasteiger partial charge in [0.05, 0.1) is 18.6 Å².